The topological polar surface area (TPSA) is 54.9 Å². The Morgan fingerprint density at radius 2 is 2.31 bits per heavy atom. The molecule has 0 fully saturated rings. The number of hydrogen-bond acceptors (Lipinski definition) is 3. The molecule has 1 heterocycles. The van der Waals surface area contributed by atoms with E-state index in [0.29, 0.717) is 17.9 Å². The van der Waals surface area contributed by atoms with Gasteiger partial charge in [-0.2, -0.15) is 0 Å². The van der Waals surface area contributed by atoms with Gasteiger partial charge in [-0.3, -0.25) is 4.79 Å². The van der Waals surface area contributed by atoms with Crippen molar-refractivity contribution in [2.24, 2.45) is 0 Å². The molecule has 0 aliphatic heterocycles. The van der Waals surface area contributed by atoms with Crippen molar-refractivity contribution in [3.05, 3.63) is 22.7 Å². The predicted octanol–water partition coefficient (Wildman–Crippen LogP) is 1.19. The second-order valence-corrected chi connectivity index (χ2v) is 2.86. The Balaban J connectivity index is 2.94. The van der Waals surface area contributed by atoms with E-state index in [1.54, 1.807) is 13.0 Å². The van der Waals surface area contributed by atoms with Crippen molar-refractivity contribution in [2.45, 2.75) is 13.8 Å². The minimum absolute atomic E-state index is 0.0984. The number of carbonyl (C=O) groups excluding carboxylic acids is 1. The van der Waals surface area contributed by atoms with E-state index in [9.17, 15) is 4.79 Å². The molecule has 0 atom stereocenters. The standard InChI is InChI=1S/C8H10ClN3O/c1-3-10-7(13)6-4-5(2)11-8(9)12-6/h4H,3H2,1-2H3,(H,10,13). The normalized spacial score (nSPS) is 9.77. The van der Waals surface area contributed by atoms with E-state index in [2.05, 4.69) is 15.3 Å². The lowest BCUT2D eigenvalue weighted by atomic mass is 10.3. The van der Waals surface area contributed by atoms with Crippen LogP contribution in [0.2, 0.25) is 5.28 Å². The highest BCUT2D eigenvalue weighted by Gasteiger charge is 2.07. The quantitative estimate of drug-likeness (QED) is 0.728. The van der Waals surface area contributed by atoms with Gasteiger partial charge in [0.1, 0.15) is 5.69 Å². The summed E-state index contributed by atoms with van der Waals surface area (Å²) in [6, 6.07) is 1.59. The molecule has 0 aliphatic rings. The van der Waals surface area contributed by atoms with Crippen LogP contribution in [0.4, 0.5) is 0 Å². The van der Waals surface area contributed by atoms with Gasteiger partial charge >= 0.3 is 0 Å². The third-order valence-electron chi connectivity index (χ3n) is 1.40. The fourth-order valence-corrected chi connectivity index (χ4v) is 1.12. The Labute approximate surface area is 81.3 Å². The number of rotatable bonds is 2. The van der Waals surface area contributed by atoms with Crippen molar-refractivity contribution in [1.29, 1.82) is 0 Å². The highest BCUT2D eigenvalue weighted by Crippen LogP contribution is 2.04. The molecule has 0 unspecified atom stereocenters. The van der Waals surface area contributed by atoms with Crippen LogP contribution in [0.1, 0.15) is 23.1 Å². The van der Waals surface area contributed by atoms with Crippen molar-refractivity contribution in [1.82, 2.24) is 15.3 Å². The summed E-state index contributed by atoms with van der Waals surface area (Å²) in [5.74, 6) is -0.227. The first-order valence-corrected chi connectivity index (χ1v) is 4.30. The second-order valence-electron chi connectivity index (χ2n) is 2.52. The molecule has 0 saturated heterocycles. The maximum Gasteiger partial charge on any atom is 0.270 e. The fourth-order valence-electron chi connectivity index (χ4n) is 0.900. The summed E-state index contributed by atoms with van der Waals surface area (Å²) in [7, 11) is 0. The zero-order valence-electron chi connectivity index (χ0n) is 7.47. The maximum atomic E-state index is 11.3. The van der Waals surface area contributed by atoms with Crippen LogP contribution < -0.4 is 5.32 Å². The first-order chi connectivity index (χ1) is 6.13. The molecule has 1 aromatic heterocycles. The molecule has 0 saturated carbocycles. The van der Waals surface area contributed by atoms with E-state index in [1.807, 2.05) is 6.92 Å². The molecule has 0 aliphatic carbocycles. The van der Waals surface area contributed by atoms with Crippen LogP contribution in [0.5, 0.6) is 0 Å². The van der Waals surface area contributed by atoms with E-state index >= 15 is 0 Å². The summed E-state index contributed by atoms with van der Waals surface area (Å²) in [6.45, 7) is 4.17. The number of carbonyl (C=O) groups is 1. The van der Waals surface area contributed by atoms with Crippen molar-refractivity contribution >= 4 is 17.5 Å². The number of hydrogen-bond donors (Lipinski definition) is 1. The molecule has 1 N–H and O–H groups in total. The van der Waals surface area contributed by atoms with Crippen molar-refractivity contribution < 1.29 is 4.79 Å². The number of nitrogens with zero attached hydrogens (tertiary/aromatic N) is 2. The Morgan fingerprint density at radius 1 is 1.62 bits per heavy atom. The molecule has 4 nitrogen and oxygen atoms in total. The number of halogens is 1. The zero-order valence-corrected chi connectivity index (χ0v) is 8.22. The number of nitrogens with one attached hydrogen (secondary N) is 1. The smallest absolute Gasteiger partial charge is 0.270 e. The minimum atomic E-state index is -0.227. The average molecular weight is 200 g/mol. The lowest BCUT2D eigenvalue weighted by molar-refractivity contribution is 0.0950. The molecule has 1 amide bonds. The van der Waals surface area contributed by atoms with Crippen LogP contribution in [0.3, 0.4) is 0 Å². The van der Waals surface area contributed by atoms with E-state index in [4.69, 9.17) is 11.6 Å². The van der Waals surface area contributed by atoms with Gasteiger partial charge in [0.25, 0.3) is 5.91 Å². The van der Waals surface area contributed by atoms with Gasteiger partial charge in [0.05, 0.1) is 0 Å². The monoisotopic (exact) mass is 199 g/mol. The predicted molar refractivity (Wildman–Crippen MR) is 49.8 cm³/mol. The third-order valence-corrected chi connectivity index (χ3v) is 1.57. The minimum Gasteiger partial charge on any atom is -0.351 e. The lowest BCUT2D eigenvalue weighted by Gasteiger charge is -2.01. The average Bonchev–Trinajstić information content (AvgIpc) is 2.03. The molecular weight excluding hydrogens is 190 g/mol. The Hall–Kier alpha value is -1.16. The zero-order chi connectivity index (χ0) is 9.84. The first kappa shape index (κ1) is 9.92. The number of amides is 1. The van der Waals surface area contributed by atoms with Gasteiger partial charge in [-0.15, -0.1) is 0 Å². The molecule has 0 bridgehead atoms. The molecule has 0 aromatic carbocycles. The van der Waals surface area contributed by atoms with Crippen LogP contribution in [0, 0.1) is 6.92 Å². The Morgan fingerprint density at radius 3 is 2.85 bits per heavy atom. The molecule has 0 radical (unpaired) electrons. The van der Waals surface area contributed by atoms with Gasteiger partial charge in [0, 0.05) is 12.2 Å². The lowest BCUT2D eigenvalue weighted by Crippen LogP contribution is -2.24. The number of aromatic nitrogens is 2. The van der Waals surface area contributed by atoms with Crippen LogP contribution in [-0.4, -0.2) is 22.4 Å². The van der Waals surface area contributed by atoms with Crippen molar-refractivity contribution in [3.63, 3.8) is 0 Å². The second kappa shape index (κ2) is 4.18. The largest absolute Gasteiger partial charge is 0.351 e. The Bertz CT molecular complexity index is 307. The highest BCUT2D eigenvalue weighted by molar-refractivity contribution is 6.28. The summed E-state index contributed by atoms with van der Waals surface area (Å²) in [5.41, 5.74) is 0.987. The molecule has 70 valence electrons. The SMILES string of the molecule is CCNC(=O)c1cc(C)nc(Cl)n1. The van der Waals surface area contributed by atoms with Crippen LogP contribution in [0.25, 0.3) is 0 Å². The molecule has 1 aromatic rings. The van der Waals surface area contributed by atoms with Crippen molar-refractivity contribution in [3.8, 4) is 0 Å². The van der Waals surface area contributed by atoms with E-state index < -0.39 is 0 Å². The van der Waals surface area contributed by atoms with Gasteiger partial charge in [-0.25, -0.2) is 9.97 Å². The highest BCUT2D eigenvalue weighted by atomic mass is 35.5. The van der Waals surface area contributed by atoms with E-state index in [1.165, 1.54) is 0 Å². The Kier molecular flexibility index (Phi) is 3.19. The summed E-state index contributed by atoms with van der Waals surface area (Å²) < 4.78 is 0. The summed E-state index contributed by atoms with van der Waals surface area (Å²) in [5, 5.41) is 2.73. The summed E-state index contributed by atoms with van der Waals surface area (Å²) >= 11 is 5.59. The third kappa shape index (κ3) is 2.66. The van der Waals surface area contributed by atoms with Crippen LogP contribution in [0.15, 0.2) is 6.07 Å². The fraction of sp³-hybridized carbons (Fsp3) is 0.375. The van der Waals surface area contributed by atoms with E-state index in [0.717, 1.165) is 0 Å². The van der Waals surface area contributed by atoms with Gasteiger partial charge in [0.15, 0.2) is 0 Å². The van der Waals surface area contributed by atoms with E-state index in [-0.39, 0.29) is 11.2 Å². The first-order valence-electron chi connectivity index (χ1n) is 3.93. The summed E-state index contributed by atoms with van der Waals surface area (Å²) in [4.78, 5) is 18.9. The van der Waals surface area contributed by atoms with Gasteiger partial charge in [0.2, 0.25) is 5.28 Å². The molecule has 1 rings (SSSR count). The van der Waals surface area contributed by atoms with Crippen LogP contribution >= 0.6 is 11.6 Å². The van der Waals surface area contributed by atoms with Crippen molar-refractivity contribution in [2.75, 3.05) is 6.54 Å². The molecule has 5 heteroatoms. The maximum absolute atomic E-state index is 11.3. The molecule has 0 spiro atoms. The summed E-state index contributed by atoms with van der Waals surface area (Å²) in [6.07, 6.45) is 0. The van der Waals surface area contributed by atoms with Gasteiger partial charge in [-0.1, -0.05) is 0 Å². The molecular formula is C8H10ClN3O. The van der Waals surface area contributed by atoms with Gasteiger partial charge < -0.3 is 5.32 Å². The molecule has 13 heavy (non-hydrogen) atoms. The number of aryl methyl sites for hydroxylation is 1. The van der Waals surface area contributed by atoms with Gasteiger partial charge in [-0.05, 0) is 31.5 Å². The van der Waals surface area contributed by atoms with Crippen LogP contribution in [-0.2, 0) is 0 Å².